The number of benzene rings is 1. The van der Waals surface area contributed by atoms with Crippen LogP contribution in [0.15, 0.2) is 47.3 Å². The fourth-order valence-electron chi connectivity index (χ4n) is 4.75. The number of aliphatic hydroxyl groups is 1. The minimum Gasteiger partial charge on any atom is -0.496 e. The van der Waals surface area contributed by atoms with Gasteiger partial charge in [0.15, 0.2) is 0 Å². The van der Waals surface area contributed by atoms with E-state index in [0.717, 1.165) is 56.8 Å². The number of ether oxygens (including phenoxy) is 1. The Balaban J connectivity index is 1.50. The number of carbonyl (C=O) groups is 1. The molecule has 1 aromatic carbocycles. The Labute approximate surface area is 165 Å². The van der Waals surface area contributed by atoms with Crippen LogP contribution >= 0.6 is 0 Å². The number of furan rings is 1. The molecule has 0 unspecified atom stereocenters. The molecule has 0 aliphatic carbocycles. The molecule has 3 heterocycles. The topological polar surface area (TPSA) is 66.2 Å². The van der Waals surface area contributed by atoms with Crippen LogP contribution in [-0.4, -0.2) is 60.2 Å². The van der Waals surface area contributed by atoms with Crippen molar-refractivity contribution < 1.29 is 19.1 Å². The van der Waals surface area contributed by atoms with Gasteiger partial charge in [-0.3, -0.25) is 9.69 Å². The lowest BCUT2D eigenvalue weighted by molar-refractivity contribution is -0.0806. The normalized spacial score (nSPS) is 25.8. The largest absolute Gasteiger partial charge is 0.496 e. The molecule has 6 nitrogen and oxygen atoms in total. The summed E-state index contributed by atoms with van der Waals surface area (Å²) in [6.07, 6.45) is 5.20. The van der Waals surface area contributed by atoms with Crippen LogP contribution in [0.2, 0.25) is 0 Å². The van der Waals surface area contributed by atoms with Gasteiger partial charge in [0.05, 0.1) is 25.0 Å². The summed E-state index contributed by atoms with van der Waals surface area (Å²) in [4.78, 5) is 17.1. The summed E-state index contributed by atoms with van der Waals surface area (Å²) in [6, 6.07) is 9.78. The predicted molar refractivity (Wildman–Crippen MR) is 105 cm³/mol. The van der Waals surface area contributed by atoms with Crippen LogP contribution in [-0.2, 0) is 6.54 Å². The smallest absolute Gasteiger partial charge is 0.257 e. The molecule has 1 spiro atoms. The highest BCUT2D eigenvalue weighted by atomic mass is 16.5. The van der Waals surface area contributed by atoms with Crippen LogP contribution in [0, 0.1) is 5.41 Å². The molecule has 0 bridgehead atoms. The second-order valence-corrected chi connectivity index (χ2v) is 8.03. The van der Waals surface area contributed by atoms with Gasteiger partial charge in [0.1, 0.15) is 12.0 Å². The van der Waals surface area contributed by atoms with Gasteiger partial charge in [-0.1, -0.05) is 18.2 Å². The molecule has 1 aromatic heterocycles. The first-order valence-corrected chi connectivity index (χ1v) is 9.95. The summed E-state index contributed by atoms with van der Waals surface area (Å²) >= 11 is 0. The van der Waals surface area contributed by atoms with Crippen LogP contribution < -0.4 is 4.74 Å². The molecule has 0 saturated carbocycles. The zero-order valence-electron chi connectivity index (χ0n) is 16.3. The molecule has 6 heteroatoms. The zero-order chi connectivity index (χ0) is 19.6. The highest BCUT2D eigenvalue weighted by Crippen LogP contribution is 2.40. The summed E-state index contributed by atoms with van der Waals surface area (Å²) in [7, 11) is 1.70. The summed E-state index contributed by atoms with van der Waals surface area (Å²) < 4.78 is 10.6. The van der Waals surface area contributed by atoms with E-state index >= 15 is 0 Å². The quantitative estimate of drug-likeness (QED) is 0.878. The van der Waals surface area contributed by atoms with Gasteiger partial charge in [0.2, 0.25) is 0 Å². The predicted octanol–water partition coefficient (Wildman–Crippen LogP) is 2.78. The standard InChI is InChI=1S/C22H28N2O4/c1-27-19-6-3-2-5-17(19)13-23-11-7-20(25)22(15-23)9-4-10-24(16-22)21(26)18-8-12-28-14-18/h2-3,5-6,8,12,14,20,25H,4,7,9-11,13,15-16H2,1H3/t20-,22-/m1/s1. The molecule has 4 rings (SSSR count). The fourth-order valence-corrected chi connectivity index (χ4v) is 4.75. The Hall–Kier alpha value is -2.31. The number of hydrogen-bond acceptors (Lipinski definition) is 5. The number of piperidine rings is 2. The number of para-hydroxylation sites is 1. The molecule has 0 radical (unpaired) electrons. The van der Waals surface area contributed by atoms with Crippen LogP contribution in [0.4, 0.5) is 0 Å². The van der Waals surface area contributed by atoms with Gasteiger partial charge in [0.25, 0.3) is 5.91 Å². The van der Waals surface area contributed by atoms with Crippen LogP contribution in [0.1, 0.15) is 35.2 Å². The minimum absolute atomic E-state index is 0.0122. The minimum atomic E-state index is -0.388. The average Bonchev–Trinajstić information content (AvgIpc) is 3.26. The van der Waals surface area contributed by atoms with Crippen molar-refractivity contribution in [2.24, 2.45) is 5.41 Å². The van der Waals surface area contributed by atoms with Gasteiger partial charge in [-0.05, 0) is 31.4 Å². The van der Waals surface area contributed by atoms with E-state index in [-0.39, 0.29) is 17.4 Å². The van der Waals surface area contributed by atoms with E-state index in [2.05, 4.69) is 11.0 Å². The molecule has 2 aliphatic heterocycles. The molecule has 150 valence electrons. The number of methoxy groups -OCH3 is 1. The number of rotatable bonds is 4. The monoisotopic (exact) mass is 384 g/mol. The van der Waals surface area contributed by atoms with Gasteiger partial charge in [0, 0.05) is 43.7 Å². The maximum Gasteiger partial charge on any atom is 0.257 e. The number of hydrogen-bond donors (Lipinski definition) is 1. The molecule has 1 amide bonds. The van der Waals surface area contributed by atoms with Gasteiger partial charge in [-0.15, -0.1) is 0 Å². The second-order valence-electron chi connectivity index (χ2n) is 8.03. The van der Waals surface area contributed by atoms with Crippen molar-refractivity contribution in [3.8, 4) is 5.75 Å². The van der Waals surface area contributed by atoms with E-state index in [1.165, 1.54) is 12.5 Å². The highest BCUT2D eigenvalue weighted by Gasteiger charge is 2.46. The molecule has 28 heavy (non-hydrogen) atoms. The number of carbonyl (C=O) groups excluding carboxylic acids is 1. The Bertz CT molecular complexity index is 807. The van der Waals surface area contributed by atoms with Crippen molar-refractivity contribution >= 4 is 5.91 Å². The first kappa shape index (κ1) is 19.0. The summed E-state index contributed by atoms with van der Waals surface area (Å²) in [5, 5.41) is 10.9. The third-order valence-corrected chi connectivity index (χ3v) is 6.21. The first-order valence-electron chi connectivity index (χ1n) is 9.95. The molecule has 2 saturated heterocycles. The van der Waals surface area contributed by atoms with Crippen molar-refractivity contribution in [3.63, 3.8) is 0 Å². The van der Waals surface area contributed by atoms with Crippen molar-refractivity contribution in [2.45, 2.75) is 31.9 Å². The Kier molecular flexibility index (Phi) is 5.42. The van der Waals surface area contributed by atoms with Gasteiger partial charge < -0.3 is 19.2 Å². The fraction of sp³-hybridized carbons (Fsp3) is 0.500. The van der Waals surface area contributed by atoms with E-state index in [9.17, 15) is 9.90 Å². The van der Waals surface area contributed by atoms with Crippen molar-refractivity contribution in [3.05, 3.63) is 54.0 Å². The van der Waals surface area contributed by atoms with Gasteiger partial charge in [-0.2, -0.15) is 0 Å². The van der Waals surface area contributed by atoms with Crippen LogP contribution in [0.25, 0.3) is 0 Å². The van der Waals surface area contributed by atoms with Gasteiger partial charge >= 0.3 is 0 Å². The summed E-state index contributed by atoms with van der Waals surface area (Å²) in [5.41, 5.74) is 1.45. The lowest BCUT2D eigenvalue weighted by Gasteiger charge is -2.51. The highest BCUT2D eigenvalue weighted by molar-refractivity contribution is 5.93. The maximum atomic E-state index is 12.8. The van der Waals surface area contributed by atoms with E-state index in [1.807, 2.05) is 23.1 Å². The number of amides is 1. The molecular formula is C22H28N2O4. The third-order valence-electron chi connectivity index (χ3n) is 6.21. The molecule has 1 N–H and O–H groups in total. The third kappa shape index (κ3) is 3.66. The lowest BCUT2D eigenvalue weighted by atomic mass is 9.71. The van der Waals surface area contributed by atoms with Crippen molar-refractivity contribution in [1.29, 1.82) is 0 Å². The average molecular weight is 384 g/mol. The van der Waals surface area contributed by atoms with Crippen LogP contribution in [0.5, 0.6) is 5.75 Å². The Morgan fingerprint density at radius 2 is 2.14 bits per heavy atom. The Morgan fingerprint density at radius 1 is 1.29 bits per heavy atom. The molecule has 2 aromatic rings. The molecule has 2 fully saturated rings. The Morgan fingerprint density at radius 3 is 2.93 bits per heavy atom. The maximum absolute atomic E-state index is 12.8. The van der Waals surface area contributed by atoms with E-state index in [0.29, 0.717) is 12.1 Å². The van der Waals surface area contributed by atoms with E-state index < -0.39 is 0 Å². The zero-order valence-corrected chi connectivity index (χ0v) is 16.3. The molecule has 2 aliphatic rings. The van der Waals surface area contributed by atoms with Crippen molar-refractivity contribution in [2.75, 3.05) is 33.3 Å². The number of likely N-dealkylation sites (tertiary alicyclic amines) is 2. The van der Waals surface area contributed by atoms with Crippen LogP contribution in [0.3, 0.4) is 0 Å². The second kappa shape index (κ2) is 7.97. The summed E-state index contributed by atoms with van der Waals surface area (Å²) in [6.45, 7) is 3.72. The van der Waals surface area contributed by atoms with Gasteiger partial charge in [-0.25, -0.2) is 0 Å². The van der Waals surface area contributed by atoms with Crippen molar-refractivity contribution in [1.82, 2.24) is 9.80 Å². The SMILES string of the molecule is COc1ccccc1CN1CC[C@@H](O)[C@]2(CCCN(C(=O)c3ccoc3)C2)C1. The molecule has 2 atom stereocenters. The lowest BCUT2D eigenvalue weighted by Crippen LogP contribution is -2.59. The first-order chi connectivity index (χ1) is 13.6. The van der Waals surface area contributed by atoms with E-state index in [4.69, 9.17) is 9.15 Å². The number of aliphatic hydroxyl groups excluding tert-OH is 1. The number of nitrogens with zero attached hydrogens (tertiary/aromatic N) is 2. The molecular weight excluding hydrogens is 356 g/mol. The summed E-state index contributed by atoms with van der Waals surface area (Å²) in [5.74, 6) is 0.880. The van der Waals surface area contributed by atoms with E-state index in [1.54, 1.807) is 13.2 Å².